The largest absolute Gasteiger partial charge is 0.391 e. The molecule has 2 unspecified atom stereocenters. The first-order chi connectivity index (χ1) is 7.81. The van der Waals surface area contributed by atoms with Crippen molar-refractivity contribution in [1.29, 1.82) is 0 Å². The van der Waals surface area contributed by atoms with E-state index < -0.39 is 0 Å². The van der Waals surface area contributed by atoms with Crippen molar-refractivity contribution in [2.24, 2.45) is 0 Å². The lowest BCUT2D eigenvalue weighted by molar-refractivity contribution is -0.132. The normalized spacial score (nSPS) is 25.7. The maximum Gasteiger partial charge on any atom is 0.232 e. The van der Waals surface area contributed by atoms with Crippen LogP contribution in [-0.2, 0) is 4.79 Å². The van der Waals surface area contributed by atoms with Crippen molar-refractivity contribution < 1.29 is 9.90 Å². The molecule has 0 spiro atoms. The highest BCUT2D eigenvalue weighted by Crippen LogP contribution is 2.26. The standard InChI is InChI=1S/C13H25NO2S/c1-13(2,3)17-9-12(16)14(4)10-7-5-6-8-11(10)15/h10-11,15H,5-9H2,1-4H3. The van der Waals surface area contributed by atoms with Crippen LogP contribution in [0.3, 0.4) is 0 Å². The van der Waals surface area contributed by atoms with E-state index in [9.17, 15) is 9.90 Å². The number of hydrogen-bond acceptors (Lipinski definition) is 3. The summed E-state index contributed by atoms with van der Waals surface area (Å²) >= 11 is 1.66. The molecule has 0 aromatic heterocycles. The highest BCUT2D eigenvalue weighted by atomic mass is 32.2. The third kappa shape index (κ3) is 4.88. The number of hydrogen-bond donors (Lipinski definition) is 1. The van der Waals surface area contributed by atoms with E-state index in [-0.39, 0.29) is 22.8 Å². The molecule has 0 aromatic carbocycles. The van der Waals surface area contributed by atoms with Gasteiger partial charge in [-0.15, -0.1) is 11.8 Å². The van der Waals surface area contributed by atoms with Crippen LogP contribution in [0.5, 0.6) is 0 Å². The van der Waals surface area contributed by atoms with Crippen LogP contribution in [-0.4, -0.2) is 45.6 Å². The molecule has 1 fully saturated rings. The number of aliphatic hydroxyl groups is 1. The predicted molar refractivity (Wildman–Crippen MR) is 73.2 cm³/mol. The lowest BCUT2D eigenvalue weighted by Gasteiger charge is -2.35. The Bertz CT molecular complexity index is 263. The number of nitrogens with zero attached hydrogens (tertiary/aromatic N) is 1. The monoisotopic (exact) mass is 259 g/mol. The van der Waals surface area contributed by atoms with Crippen molar-refractivity contribution in [1.82, 2.24) is 4.90 Å². The fraction of sp³-hybridized carbons (Fsp3) is 0.923. The van der Waals surface area contributed by atoms with Crippen LogP contribution in [0.25, 0.3) is 0 Å². The first-order valence-corrected chi connectivity index (χ1v) is 7.37. The minimum absolute atomic E-state index is 0.0248. The molecule has 0 radical (unpaired) electrons. The number of aliphatic hydroxyl groups excluding tert-OH is 1. The van der Waals surface area contributed by atoms with E-state index >= 15 is 0 Å². The second kappa shape index (κ2) is 6.10. The van der Waals surface area contributed by atoms with Gasteiger partial charge in [0.2, 0.25) is 5.91 Å². The van der Waals surface area contributed by atoms with Crippen LogP contribution in [0.4, 0.5) is 0 Å². The molecule has 1 aliphatic rings. The van der Waals surface area contributed by atoms with E-state index in [0.717, 1.165) is 25.7 Å². The van der Waals surface area contributed by atoms with Gasteiger partial charge in [-0.2, -0.15) is 0 Å². The predicted octanol–water partition coefficient (Wildman–Crippen LogP) is 2.28. The van der Waals surface area contributed by atoms with Gasteiger partial charge in [-0.05, 0) is 12.8 Å². The number of carbonyl (C=O) groups excluding carboxylic acids is 1. The average molecular weight is 259 g/mol. The highest BCUT2D eigenvalue weighted by Gasteiger charge is 2.29. The van der Waals surface area contributed by atoms with Crippen LogP contribution < -0.4 is 0 Å². The molecule has 17 heavy (non-hydrogen) atoms. The molecule has 3 nitrogen and oxygen atoms in total. The van der Waals surface area contributed by atoms with Crippen LogP contribution in [0.1, 0.15) is 46.5 Å². The lowest BCUT2D eigenvalue weighted by atomic mass is 9.91. The second-order valence-electron chi connectivity index (χ2n) is 5.82. The minimum Gasteiger partial charge on any atom is -0.391 e. The summed E-state index contributed by atoms with van der Waals surface area (Å²) in [6, 6.07) is 0.0248. The van der Waals surface area contributed by atoms with E-state index in [1.807, 2.05) is 7.05 Å². The van der Waals surface area contributed by atoms with Gasteiger partial charge in [0.05, 0.1) is 17.9 Å². The molecule has 1 rings (SSSR count). The molecule has 1 N–H and O–H groups in total. The third-order valence-corrected chi connectivity index (χ3v) is 4.47. The molecule has 0 heterocycles. The van der Waals surface area contributed by atoms with E-state index in [4.69, 9.17) is 0 Å². The van der Waals surface area contributed by atoms with Gasteiger partial charge in [0, 0.05) is 11.8 Å². The number of rotatable bonds is 3. The smallest absolute Gasteiger partial charge is 0.232 e. The summed E-state index contributed by atoms with van der Waals surface area (Å²) in [5.41, 5.74) is 0. The van der Waals surface area contributed by atoms with Crippen LogP contribution >= 0.6 is 11.8 Å². The van der Waals surface area contributed by atoms with Gasteiger partial charge in [0.15, 0.2) is 0 Å². The summed E-state index contributed by atoms with van der Waals surface area (Å²) in [5.74, 6) is 0.638. The zero-order valence-corrected chi connectivity index (χ0v) is 12.2. The summed E-state index contributed by atoms with van der Waals surface area (Å²) in [5, 5.41) is 9.92. The second-order valence-corrected chi connectivity index (χ2v) is 7.63. The maximum atomic E-state index is 12.0. The molecule has 100 valence electrons. The lowest BCUT2D eigenvalue weighted by Crippen LogP contribution is -2.47. The fourth-order valence-electron chi connectivity index (χ4n) is 2.11. The molecule has 0 bridgehead atoms. The number of thioether (sulfide) groups is 1. The quantitative estimate of drug-likeness (QED) is 0.845. The summed E-state index contributed by atoms with van der Waals surface area (Å²) in [6.45, 7) is 6.33. The average Bonchev–Trinajstić information content (AvgIpc) is 2.24. The molecule has 0 aromatic rings. The molecule has 2 atom stereocenters. The number of carbonyl (C=O) groups is 1. The van der Waals surface area contributed by atoms with E-state index in [1.165, 1.54) is 0 Å². The third-order valence-electron chi connectivity index (χ3n) is 3.21. The van der Waals surface area contributed by atoms with Crippen molar-refractivity contribution in [3.8, 4) is 0 Å². The van der Waals surface area contributed by atoms with Crippen LogP contribution in [0.15, 0.2) is 0 Å². The highest BCUT2D eigenvalue weighted by molar-refractivity contribution is 8.01. The molecule has 1 saturated carbocycles. The zero-order chi connectivity index (χ0) is 13.1. The van der Waals surface area contributed by atoms with Crippen molar-refractivity contribution in [2.45, 2.75) is 63.3 Å². The molecule has 1 aliphatic carbocycles. The Kier molecular flexibility index (Phi) is 5.32. The molecular weight excluding hydrogens is 234 g/mol. The molecule has 4 heteroatoms. The van der Waals surface area contributed by atoms with Gasteiger partial charge in [-0.3, -0.25) is 4.79 Å². The summed E-state index contributed by atoms with van der Waals surface area (Å²) in [4.78, 5) is 13.8. The maximum absolute atomic E-state index is 12.0. The summed E-state index contributed by atoms with van der Waals surface area (Å²) < 4.78 is 0.113. The van der Waals surface area contributed by atoms with Gasteiger partial charge < -0.3 is 10.0 Å². The zero-order valence-electron chi connectivity index (χ0n) is 11.4. The van der Waals surface area contributed by atoms with Gasteiger partial charge in [-0.25, -0.2) is 0 Å². The Hall–Kier alpha value is -0.220. The first kappa shape index (κ1) is 14.8. The summed E-state index contributed by atoms with van der Waals surface area (Å²) in [6.07, 6.45) is 3.62. The van der Waals surface area contributed by atoms with Crippen molar-refractivity contribution in [3.05, 3.63) is 0 Å². The SMILES string of the molecule is CN(C(=O)CSC(C)(C)C)C1CCCCC1O. The Morgan fingerprint density at radius 3 is 2.47 bits per heavy atom. The number of amides is 1. The molecular formula is C13H25NO2S. The Labute approximate surface area is 109 Å². The van der Waals surface area contributed by atoms with Crippen molar-refractivity contribution in [3.63, 3.8) is 0 Å². The van der Waals surface area contributed by atoms with Crippen LogP contribution in [0, 0.1) is 0 Å². The van der Waals surface area contributed by atoms with Gasteiger partial charge in [0.1, 0.15) is 0 Å². The molecule has 0 saturated heterocycles. The van der Waals surface area contributed by atoms with E-state index in [0.29, 0.717) is 5.75 Å². The van der Waals surface area contributed by atoms with Crippen LogP contribution in [0.2, 0.25) is 0 Å². The number of likely N-dealkylation sites (N-methyl/N-ethyl adjacent to an activating group) is 1. The van der Waals surface area contributed by atoms with E-state index in [1.54, 1.807) is 16.7 Å². The van der Waals surface area contributed by atoms with Gasteiger partial charge >= 0.3 is 0 Å². The Balaban J connectivity index is 2.45. The minimum atomic E-state index is -0.336. The first-order valence-electron chi connectivity index (χ1n) is 6.39. The van der Waals surface area contributed by atoms with Gasteiger partial charge in [0.25, 0.3) is 0 Å². The van der Waals surface area contributed by atoms with Gasteiger partial charge in [-0.1, -0.05) is 33.6 Å². The van der Waals surface area contributed by atoms with E-state index in [2.05, 4.69) is 20.8 Å². The fourth-order valence-corrected chi connectivity index (χ4v) is 2.87. The Morgan fingerprint density at radius 1 is 1.35 bits per heavy atom. The molecule has 1 amide bonds. The Morgan fingerprint density at radius 2 is 1.94 bits per heavy atom. The van der Waals surface area contributed by atoms with Crippen molar-refractivity contribution in [2.75, 3.05) is 12.8 Å². The summed E-state index contributed by atoms with van der Waals surface area (Å²) in [7, 11) is 1.82. The molecule has 0 aliphatic heterocycles. The topological polar surface area (TPSA) is 40.5 Å². The van der Waals surface area contributed by atoms with Crippen molar-refractivity contribution >= 4 is 17.7 Å².